The van der Waals surface area contributed by atoms with Gasteiger partial charge in [-0.25, -0.2) is 22.7 Å². The van der Waals surface area contributed by atoms with Gasteiger partial charge in [0.25, 0.3) is 0 Å². The Balaban J connectivity index is 2.77. The molecule has 0 aliphatic rings. The van der Waals surface area contributed by atoms with Gasteiger partial charge in [0.05, 0.1) is 6.54 Å². The SMILES string of the molecule is CO[Si](CCCN(F)c1cc(F)c(F)c(F)c1F)(OC)OC. The Morgan fingerprint density at radius 2 is 1.50 bits per heavy atom. The first-order valence-corrected chi connectivity index (χ1v) is 8.16. The summed E-state index contributed by atoms with van der Waals surface area (Å²) in [6.45, 7) is -0.410. The van der Waals surface area contributed by atoms with Crippen LogP contribution in [0.3, 0.4) is 0 Å². The van der Waals surface area contributed by atoms with Gasteiger partial charge in [-0.05, 0) is 6.42 Å². The van der Waals surface area contributed by atoms with Crippen LogP contribution < -0.4 is 5.12 Å². The highest BCUT2D eigenvalue weighted by Gasteiger charge is 2.37. The zero-order valence-corrected chi connectivity index (χ0v) is 13.3. The normalized spacial score (nSPS) is 11.8. The third kappa shape index (κ3) is 3.94. The highest BCUT2D eigenvalue weighted by Crippen LogP contribution is 2.27. The van der Waals surface area contributed by atoms with Crippen LogP contribution in [-0.2, 0) is 13.3 Å². The van der Waals surface area contributed by atoms with Gasteiger partial charge in [-0.1, -0.05) is 4.48 Å². The minimum Gasteiger partial charge on any atom is -0.377 e. The van der Waals surface area contributed by atoms with E-state index in [1.807, 2.05) is 0 Å². The summed E-state index contributed by atoms with van der Waals surface area (Å²) < 4.78 is 81.4. The van der Waals surface area contributed by atoms with Crippen molar-refractivity contribution in [3.63, 3.8) is 0 Å². The second-order valence-corrected chi connectivity index (χ2v) is 7.39. The van der Waals surface area contributed by atoms with E-state index in [0.29, 0.717) is 0 Å². The predicted octanol–water partition coefficient (Wildman–Crippen LogP) is 3.20. The molecule has 1 aromatic rings. The molecule has 0 radical (unpaired) electrons. The maximum atomic E-state index is 13.8. The van der Waals surface area contributed by atoms with Crippen molar-refractivity contribution >= 4 is 14.5 Å². The lowest BCUT2D eigenvalue weighted by atomic mass is 10.2. The number of rotatable bonds is 8. The van der Waals surface area contributed by atoms with Crippen LogP contribution in [0, 0.1) is 23.3 Å². The first-order chi connectivity index (χ1) is 10.3. The molecule has 0 fully saturated rings. The minimum atomic E-state index is -2.92. The molecule has 126 valence electrons. The first-order valence-electron chi connectivity index (χ1n) is 6.23. The molecule has 0 saturated heterocycles. The van der Waals surface area contributed by atoms with Gasteiger partial charge in [-0.3, -0.25) is 0 Å². The van der Waals surface area contributed by atoms with E-state index in [2.05, 4.69) is 0 Å². The lowest BCUT2D eigenvalue weighted by Gasteiger charge is -2.25. The number of hydrogen-bond donors (Lipinski definition) is 0. The number of benzene rings is 1. The van der Waals surface area contributed by atoms with E-state index in [9.17, 15) is 22.0 Å². The molecule has 0 aliphatic carbocycles. The van der Waals surface area contributed by atoms with Gasteiger partial charge in [0.2, 0.25) is 0 Å². The zero-order valence-electron chi connectivity index (χ0n) is 12.3. The Morgan fingerprint density at radius 3 is 2.00 bits per heavy atom. The summed E-state index contributed by atoms with van der Waals surface area (Å²) in [5.74, 6) is -7.52. The van der Waals surface area contributed by atoms with E-state index >= 15 is 0 Å². The molecule has 10 heteroatoms. The molecule has 0 saturated carbocycles. The molecule has 0 spiro atoms. The molecule has 0 atom stereocenters. The molecule has 1 aromatic carbocycles. The fraction of sp³-hybridized carbons (Fsp3) is 0.500. The summed E-state index contributed by atoms with van der Waals surface area (Å²) in [5, 5.41) is -0.207. The molecule has 0 amide bonds. The van der Waals surface area contributed by atoms with Crippen molar-refractivity contribution in [2.75, 3.05) is 33.0 Å². The molecule has 22 heavy (non-hydrogen) atoms. The zero-order chi connectivity index (χ0) is 16.9. The van der Waals surface area contributed by atoms with Gasteiger partial charge in [-0.2, -0.15) is 0 Å². The van der Waals surface area contributed by atoms with Crippen molar-refractivity contribution in [3.05, 3.63) is 29.3 Å². The van der Waals surface area contributed by atoms with Crippen LogP contribution in [0.25, 0.3) is 0 Å². The average Bonchev–Trinajstić information content (AvgIpc) is 2.53. The van der Waals surface area contributed by atoms with E-state index in [4.69, 9.17) is 13.3 Å². The van der Waals surface area contributed by atoms with Crippen LogP contribution in [0.15, 0.2) is 6.07 Å². The minimum absolute atomic E-state index is 0.0955. The van der Waals surface area contributed by atoms with Gasteiger partial charge in [0, 0.05) is 33.4 Å². The molecule has 0 aromatic heterocycles. The van der Waals surface area contributed by atoms with Gasteiger partial charge >= 0.3 is 8.80 Å². The first kappa shape index (κ1) is 18.8. The van der Waals surface area contributed by atoms with Crippen LogP contribution in [0.4, 0.5) is 27.7 Å². The standard InChI is InChI=1S/C12H16F5NO3Si/c1-19-22(20-2,21-3)6-4-5-18(17)9-7-8(13)10(14)12(16)11(9)15/h7H,4-6H2,1-3H3. The summed E-state index contributed by atoms with van der Waals surface area (Å²) in [7, 11) is 1.19. The fourth-order valence-corrected chi connectivity index (χ4v) is 3.55. The maximum Gasteiger partial charge on any atom is 0.500 e. The summed E-state index contributed by atoms with van der Waals surface area (Å²) in [4.78, 5) is 0. The van der Waals surface area contributed by atoms with Crippen LogP contribution in [-0.4, -0.2) is 36.7 Å². The second kappa shape index (κ2) is 7.86. The number of hydrogen-bond acceptors (Lipinski definition) is 4. The Kier molecular flexibility index (Phi) is 6.72. The Hall–Kier alpha value is -1.23. The van der Waals surface area contributed by atoms with E-state index < -0.39 is 44.3 Å². The lowest BCUT2D eigenvalue weighted by molar-refractivity contribution is 0.123. The molecular formula is C12H16F5NO3Si. The molecule has 0 aliphatic heterocycles. The highest BCUT2D eigenvalue weighted by molar-refractivity contribution is 6.60. The second-order valence-electron chi connectivity index (χ2n) is 4.30. The summed E-state index contributed by atoms with van der Waals surface area (Å²) in [6, 6.07) is 0.450. The van der Waals surface area contributed by atoms with Gasteiger partial charge in [-0.15, -0.1) is 0 Å². The van der Waals surface area contributed by atoms with Crippen molar-refractivity contribution < 1.29 is 35.3 Å². The smallest absolute Gasteiger partial charge is 0.377 e. The topological polar surface area (TPSA) is 30.9 Å². The monoisotopic (exact) mass is 345 g/mol. The van der Waals surface area contributed by atoms with Crippen LogP contribution in [0.1, 0.15) is 6.42 Å². The molecule has 0 heterocycles. The van der Waals surface area contributed by atoms with Crippen molar-refractivity contribution in [2.45, 2.75) is 12.5 Å². The van der Waals surface area contributed by atoms with E-state index in [1.165, 1.54) is 21.3 Å². The molecular weight excluding hydrogens is 329 g/mol. The largest absolute Gasteiger partial charge is 0.500 e. The Bertz CT molecular complexity index is 508. The van der Waals surface area contributed by atoms with E-state index in [1.54, 1.807) is 0 Å². The van der Waals surface area contributed by atoms with Gasteiger partial charge < -0.3 is 13.3 Å². The lowest BCUT2D eigenvalue weighted by Crippen LogP contribution is -2.43. The van der Waals surface area contributed by atoms with E-state index in [0.717, 1.165) is 0 Å². The van der Waals surface area contributed by atoms with Gasteiger partial charge in [0.15, 0.2) is 23.3 Å². The molecule has 0 N–H and O–H groups in total. The summed E-state index contributed by atoms with van der Waals surface area (Å²) in [5.41, 5.74) is -1.02. The predicted molar refractivity (Wildman–Crippen MR) is 70.9 cm³/mol. The third-order valence-corrected chi connectivity index (χ3v) is 5.95. The summed E-state index contributed by atoms with van der Waals surface area (Å²) in [6.07, 6.45) is 0.0955. The number of anilines is 1. The van der Waals surface area contributed by atoms with Crippen LogP contribution in [0.5, 0.6) is 0 Å². The third-order valence-electron chi connectivity index (χ3n) is 3.12. The number of halogens is 5. The van der Waals surface area contributed by atoms with E-state index in [-0.39, 0.29) is 23.7 Å². The fourth-order valence-electron chi connectivity index (χ4n) is 1.85. The van der Waals surface area contributed by atoms with Crippen molar-refractivity contribution in [1.82, 2.24) is 0 Å². The maximum absolute atomic E-state index is 13.8. The molecule has 0 bridgehead atoms. The van der Waals surface area contributed by atoms with Crippen LogP contribution in [0.2, 0.25) is 6.04 Å². The van der Waals surface area contributed by atoms with Crippen molar-refractivity contribution in [3.8, 4) is 0 Å². The molecule has 0 unspecified atom stereocenters. The summed E-state index contributed by atoms with van der Waals surface area (Å²) >= 11 is 0. The quantitative estimate of drug-likeness (QED) is 0.238. The average molecular weight is 345 g/mol. The Morgan fingerprint density at radius 1 is 0.955 bits per heavy atom. The van der Waals surface area contributed by atoms with Crippen molar-refractivity contribution in [1.29, 1.82) is 0 Å². The van der Waals surface area contributed by atoms with Crippen LogP contribution >= 0.6 is 0 Å². The number of nitrogens with zero attached hydrogens (tertiary/aromatic N) is 1. The van der Waals surface area contributed by atoms with Crippen molar-refractivity contribution in [2.24, 2.45) is 0 Å². The van der Waals surface area contributed by atoms with Gasteiger partial charge in [0.1, 0.15) is 5.69 Å². The molecule has 4 nitrogen and oxygen atoms in total. The molecule has 1 rings (SSSR count). The highest BCUT2D eigenvalue weighted by atomic mass is 28.4. The Labute approximate surface area is 125 Å².